The van der Waals surface area contributed by atoms with E-state index in [0.717, 1.165) is 37.8 Å². The lowest BCUT2D eigenvalue weighted by atomic mass is 10.1. The van der Waals surface area contributed by atoms with E-state index in [9.17, 15) is 4.39 Å². The SMILES string of the molecule is NCc1ccc(N2CCCC2CCCO)c(F)c1. The molecule has 0 amide bonds. The number of anilines is 1. The number of nitrogens with zero attached hydrogens (tertiary/aromatic N) is 1. The first-order valence-electron chi connectivity index (χ1n) is 6.62. The molecular formula is C14H21FN2O. The Labute approximate surface area is 107 Å². The van der Waals surface area contributed by atoms with E-state index in [2.05, 4.69) is 4.90 Å². The molecule has 1 fully saturated rings. The van der Waals surface area contributed by atoms with Gasteiger partial charge < -0.3 is 15.7 Å². The number of rotatable bonds is 5. The van der Waals surface area contributed by atoms with Gasteiger partial charge in [-0.05, 0) is 43.4 Å². The fraction of sp³-hybridized carbons (Fsp3) is 0.571. The number of halogens is 1. The maximum Gasteiger partial charge on any atom is 0.146 e. The number of hydrogen-bond acceptors (Lipinski definition) is 3. The van der Waals surface area contributed by atoms with Crippen LogP contribution in [0.1, 0.15) is 31.2 Å². The van der Waals surface area contributed by atoms with Crippen molar-refractivity contribution in [2.45, 2.75) is 38.3 Å². The van der Waals surface area contributed by atoms with Crippen molar-refractivity contribution < 1.29 is 9.50 Å². The summed E-state index contributed by atoms with van der Waals surface area (Å²) < 4.78 is 14.0. The number of hydrogen-bond donors (Lipinski definition) is 2. The zero-order valence-electron chi connectivity index (χ0n) is 10.6. The zero-order valence-corrected chi connectivity index (χ0v) is 10.6. The Morgan fingerprint density at radius 1 is 1.44 bits per heavy atom. The predicted molar refractivity (Wildman–Crippen MR) is 71.0 cm³/mol. The lowest BCUT2D eigenvalue weighted by Gasteiger charge is -2.27. The third-order valence-electron chi connectivity index (χ3n) is 3.63. The maximum atomic E-state index is 14.0. The van der Waals surface area contributed by atoms with Gasteiger partial charge in [0.05, 0.1) is 5.69 Å². The predicted octanol–water partition coefficient (Wildman–Crippen LogP) is 2.03. The smallest absolute Gasteiger partial charge is 0.146 e. The van der Waals surface area contributed by atoms with Gasteiger partial charge in [-0.1, -0.05) is 6.07 Å². The van der Waals surface area contributed by atoms with Gasteiger partial charge in [0, 0.05) is 25.7 Å². The van der Waals surface area contributed by atoms with Crippen LogP contribution in [0.4, 0.5) is 10.1 Å². The van der Waals surface area contributed by atoms with Gasteiger partial charge in [0.15, 0.2) is 0 Å². The van der Waals surface area contributed by atoms with Gasteiger partial charge in [-0.15, -0.1) is 0 Å². The summed E-state index contributed by atoms with van der Waals surface area (Å²) in [6.07, 6.45) is 3.88. The minimum Gasteiger partial charge on any atom is -0.396 e. The minimum absolute atomic E-state index is 0.186. The molecule has 4 heteroatoms. The van der Waals surface area contributed by atoms with Crippen molar-refractivity contribution in [3.05, 3.63) is 29.6 Å². The van der Waals surface area contributed by atoms with Gasteiger partial charge in [-0.3, -0.25) is 0 Å². The monoisotopic (exact) mass is 252 g/mol. The van der Waals surface area contributed by atoms with Gasteiger partial charge in [0.25, 0.3) is 0 Å². The van der Waals surface area contributed by atoms with Gasteiger partial charge in [0.1, 0.15) is 5.82 Å². The second kappa shape index (κ2) is 6.16. The number of aliphatic hydroxyl groups excluding tert-OH is 1. The third kappa shape index (κ3) is 2.82. The molecule has 100 valence electrons. The van der Waals surface area contributed by atoms with Crippen LogP contribution in [-0.2, 0) is 6.54 Å². The molecule has 1 saturated heterocycles. The van der Waals surface area contributed by atoms with E-state index in [1.54, 1.807) is 0 Å². The van der Waals surface area contributed by atoms with Crippen LogP contribution in [0.2, 0.25) is 0 Å². The van der Waals surface area contributed by atoms with Crippen LogP contribution in [0.25, 0.3) is 0 Å². The summed E-state index contributed by atoms with van der Waals surface area (Å²) in [5.74, 6) is -0.186. The van der Waals surface area contributed by atoms with Crippen LogP contribution in [0.5, 0.6) is 0 Å². The second-order valence-corrected chi connectivity index (χ2v) is 4.85. The van der Waals surface area contributed by atoms with Crippen LogP contribution in [0, 0.1) is 5.82 Å². The normalized spacial score (nSPS) is 19.5. The molecule has 0 aliphatic carbocycles. The first-order valence-corrected chi connectivity index (χ1v) is 6.62. The highest BCUT2D eigenvalue weighted by atomic mass is 19.1. The van der Waals surface area contributed by atoms with Crippen molar-refractivity contribution in [2.75, 3.05) is 18.1 Å². The summed E-state index contributed by atoms with van der Waals surface area (Å²) in [6.45, 7) is 1.47. The van der Waals surface area contributed by atoms with Crippen LogP contribution in [0.15, 0.2) is 18.2 Å². The highest BCUT2D eigenvalue weighted by Gasteiger charge is 2.26. The summed E-state index contributed by atoms with van der Waals surface area (Å²) >= 11 is 0. The van der Waals surface area contributed by atoms with Gasteiger partial charge in [0.2, 0.25) is 0 Å². The van der Waals surface area contributed by atoms with E-state index in [0.29, 0.717) is 18.3 Å². The highest BCUT2D eigenvalue weighted by Crippen LogP contribution is 2.30. The molecule has 3 nitrogen and oxygen atoms in total. The molecule has 1 heterocycles. The molecule has 0 aromatic heterocycles. The van der Waals surface area contributed by atoms with Crippen molar-refractivity contribution in [1.82, 2.24) is 0 Å². The molecule has 1 aromatic rings. The first-order chi connectivity index (χ1) is 8.76. The molecule has 2 rings (SSSR count). The topological polar surface area (TPSA) is 49.5 Å². The zero-order chi connectivity index (χ0) is 13.0. The third-order valence-corrected chi connectivity index (χ3v) is 3.63. The fourth-order valence-corrected chi connectivity index (χ4v) is 2.69. The molecule has 18 heavy (non-hydrogen) atoms. The second-order valence-electron chi connectivity index (χ2n) is 4.85. The van der Waals surface area contributed by atoms with Crippen LogP contribution < -0.4 is 10.6 Å². The van der Waals surface area contributed by atoms with E-state index < -0.39 is 0 Å². The summed E-state index contributed by atoms with van der Waals surface area (Å²) in [4.78, 5) is 2.13. The minimum atomic E-state index is -0.186. The Morgan fingerprint density at radius 2 is 2.28 bits per heavy atom. The Hall–Kier alpha value is -1.13. The Bertz CT molecular complexity index is 397. The van der Waals surface area contributed by atoms with Crippen molar-refractivity contribution in [3.8, 4) is 0 Å². The Balaban J connectivity index is 2.14. The van der Waals surface area contributed by atoms with Gasteiger partial charge in [-0.2, -0.15) is 0 Å². The van der Waals surface area contributed by atoms with Crippen molar-refractivity contribution in [3.63, 3.8) is 0 Å². The number of nitrogens with two attached hydrogens (primary N) is 1. The quantitative estimate of drug-likeness (QED) is 0.843. The molecule has 1 atom stereocenters. The molecule has 0 saturated carbocycles. The highest BCUT2D eigenvalue weighted by molar-refractivity contribution is 5.51. The molecule has 0 spiro atoms. The molecule has 1 unspecified atom stereocenters. The molecule has 0 radical (unpaired) electrons. The van der Waals surface area contributed by atoms with E-state index in [4.69, 9.17) is 10.8 Å². The lowest BCUT2D eigenvalue weighted by molar-refractivity contribution is 0.279. The summed E-state index contributed by atoms with van der Waals surface area (Å²) in [6, 6.07) is 5.60. The van der Waals surface area contributed by atoms with Crippen LogP contribution >= 0.6 is 0 Å². The number of aliphatic hydroxyl groups is 1. The van der Waals surface area contributed by atoms with Crippen molar-refractivity contribution in [1.29, 1.82) is 0 Å². The van der Waals surface area contributed by atoms with E-state index in [1.807, 2.05) is 12.1 Å². The average Bonchev–Trinajstić information content (AvgIpc) is 2.84. The molecule has 1 aliphatic rings. The van der Waals surface area contributed by atoms with Crippen molar-refractivity contribution >= 4 is 5.69 Å². The first kappa shape index (κ1) is 13.3. The average molecular weight is 252 g/mol. The van der Waals surface area contributed by atoms with Crippen LogP contribution in [0.3, 0.4) is 0 Å². The molecule has 0 bridgehead atoms. The molecule has 1 aliphatic heterocycles. The van der Waals surface area contributed by atoms with Crippen molar-refractivity contribution in [2.24, 2.45) is 5.73 Å². The molecular weight excluding hydrogens is 231 g/mol. The molecule has 3 N–H and O–H groups in total. The van der Waals surface area contributed by atoms with Gasteiger partial charge in [-0.25, -0.2) is 4.39 Å². The van der Waals surface area contributed by atoms with Crippen LogP contribution in [-0.4, -0.2) is 24.3 Å². The maximum absolute atomic E-state index is 14.0. The summed E-state index contributed by atoms with van der Waals surface area (Å²) in [5, 5.41) is 8.90. The Morgan fingerprint density at radius 3 is 2.94 bits per heavy atom. The lowest BCUT2D eigenvalue weighted by Crippen LogP contribution is -2.30. The Kier molecular flexibility index (Phi) is 4.55. The van der Waals surface area contributed by atoms with E-state index in [1.165, 1.54) is 6.07 Å². The van der Waals surface area contributed by atoms with E-state index >= 15 is 0 Å². The standard InChI is InChI=1S/C14H21FN2O/c15-13-9-11(10-16)5-6-14(13)17-7-1-3-12(17)4-2-8-18/h5-6,9,12,18H,1-4,7-8,10,16H2. The number of benzene rings is 1. The summed E-state index contributed by atoms with van der Waals surface area (Å²) in [5.41, 5.74) is 7.00. The summed E-state index contributed by atoms with van der Waals surface area (Å²) in [7, 11) is 0. The largest absolute Gasteiger partial charge is 0.396 e. The molecule has 1 aromatic carbocycles. The van der Waals surface area contributed by atoms with E-state index in [-0.39, 0.29) is 12.4 Å². The fourth-order valence-electron chi connectivity index (χ4n) is 2.69. The van der Waals surface area contributed by atoms with Gasteiger partial charge >= 0.3 is 0 Å².